The number of carboxylic acid groups (broad SMARTS) is 1. The molecular formula is C21H31ClO4S. The molecule has 0 saturated heterocycles. The minimum Gasteiger partial charge on any atom is -0.477 e. The molecule has 4 unspecified atom stereocenters. The van der Waals surface area contributed by atoms with Gasteiger partial charge in [0.05, 0.1) is 6.10 Å². The number of aliphatic hydroxyl groups excluding tert-OH is 2. The predicted molar refractivity (Wildman–Crippen MR) is 111 cm³/mol. The van der Waals surface area contributed by atoms with Crippen LogP contribution in [0.3, 0.4) is 0 Å². The number of allylic oxidation sites excluding steroid dienone is 1. The molecule has 1 fully saturated rings. The fraction of sp³-hybridized carbons (Fsp3) is 0.667. The quantitative estimate of drug-likeness (QED) is 0.259. The van der Waals surface area contributed by atoms with Gasteiger partial charge in [0.25, 0.3) is 0 Å². The Hall–Kier alpha value is -0.880. The zero-order valence-electron chi connectivity index (χ0n) is 15.7. The van der Waals surface area contributed by atoms with Crippen LogP contribution in [0, 0.1) is 11.8 Å². The van der Waals surface area contributed by atoms with Crippen LogP contribution >= 0.6 is 22.9 Å². The van der Waals surface area contributed by atoms with Gasteiger partial charge in [-0.15, -0.1) is 22.9 Å². The van der Waals surface area contributed by atoms with E-state index in [4.69, 9.17) is 21.8 Å². The fourth-order valence-electron chi connectivity index (χ4n) is 3.85. The van der Waals surface area contributed by atoms with Crippen LogP contribution in [0.2, 0.25) is 0 Å². The van der Waals surface area contributed by atoms with Gasteiger partial charge in [-0.05, 0) is 63.0 Å². The van der Waals surface area contributed by atoms with E-state index in [2.05, 4.69) is 12.2 Å². The molecule has 1 aliphatic carbocycles. The van der Waals surface area contributed by atoms with E-state index < -0.39 is 5.97 Å². The van der Waals surface area contributed by atoms with Crippen LogP contribution in [0.25, 0.3) is 0 Å². The van der Waals surface area contributed by atoms with Gasteiger partial charge in [0.15, 0.2) is 0 Å². The Bertz CT molecular complexity index is 601. The van der Waals surface area contributed by atoms with Gasteiger partial charge in [0, 0.05) is 22.8 Å². The first-order chi connectivity index (χ1) is 13.0. The minimum absolute atomic E-state index is 0.00267. The summed E-state index contributed by atoms with van der Waals surface area (Å²) in [5, 5.41) is 28.1. The molecule has 2 rings (SSSR count). The molecule has 1 aromatic rings. The van der Waals surface area contributed by atoms with Gasteiger partial charge < -0.3 is 15.3 Å². The topological polar surface area (TPSA) is 77.8 Å². The van der Waals surface area contributed by atoms with Crippen molar-refractivity contribution in [2.75, 3.05) is 6.61 Å². The van der Waals surface area contributed by atoms with Crippen LogP contribution in [-0.4, -0.2) is 39.4 Å². The third-order valence-electron chi connectivity index (χ3n) is 5.34. The van der Waals surface area contributed by atoms with Crippen molar-refractivity contribution in [1.82, 2.24) is 0 Å². The second kappa shape index (κ2) is 11.8. The van der Waals surface area contributed by atoms with E-state index in [1.165, 1.54) is 11.3 Å². The van der Waals surface area contributed by atoms with Crippen molar-refractivity contribution in [1.29, 1.82) is 0 Å². The van der Waals surface area contributed by atoms with Crippen LogP contribution in [0.1, 0.15) is 65.9 Å². The maximum atomic E-state index is 11.0. The van der Waals surface area contributed by atoms with Crippen molar-refractivity contribution < 1.29 is 20.1 Å². The molecule has 1 aromatic heterocycles. The Morgan fingerprint density at radius 1 is 1.22 bits per heavy atom. The molecule has 0 aromatic carbocycles. The summed E-state index contributed by atoms with van der Waals surface area (Å²) >= 11 is 7.84. The second-order valence-corrected chi connectivity index (χ2v) is 9.11. The number of aromatic carboxylic acids is 1. The first-order valence-electron chi connectivity index (χ1n) is 9.94. The molecule has 0 aliphatic heterocycles. The average Bonchev–Trinajstić information content (AvgIpc) is 3.20. The number of hydrogen-bond donors (Lipinski definition) is 3. The van der Waals surface area contributed by atoms with E-state index >= 15 is 0 Å². The summed E-state index contributed by atoms with van der Waals surface area (Å²) in [7, 11) is 0. The number of rotatable bonds is 12. The molecule has 3 N–H and O–H groups in total. The lowest BCUT2D eigenvalue weighted by molar-refractivity contribution is 0.0702. The van der Waals surface area contributed by atoms with Crippen molar-refractivity contribution in [2.45, 2.75) is 69.3 Å². The van der Waals surface area contributed by atoms with Gasteiger partial charge in [-0.3, -0.25) is 0 Å². The maximum absolute atomic E-state index is 11.0. The Morgan fingerprint density at radius 2 is 2.00 bits per heavy atom. The molecule has 6 heteroatoms. The zero-order chi connectivity index (χ0) is 19.6. The highest BCUT2D eigenvalue weighted by atomic mass is 35.5. The van der Waals surface area contributed by atoms with Crippen molar-refractivity contribution in [2.24, 2.45) is 11.8 Å². The number of halogens is 1. The first-order valence-corrected chi connectivity index (χ1v) is 11.2. The maximum Gasteiger partial charge on any atom is 0.345 e. The molecular weight excluding hydrogens is 384 g/mol. The number of alkyl halides is 1. The fourth-order valence-corrected chi connectivity index (χ4v) is 5.22. The molecule has 1 saturated carbocycles. The van der Waals surface area contributed by atoms with E-state index in [0.29, 0.717) is 11.3 Å². The van der Waals surface area contributed by atoms with Crippen molar-refractivity contribution in [3.8, 4) is 0 Å². The number of unbranched alkanes of at least 4 members (excludes halogenated alkanes) is 4. The molecule has 27 heavy (non-hydrogen) atoms. The lowest BCUT2D eigenvalue weighted by Gasteiger charge is -2.20. The highest BCUT2D eigenvalue weighted by Crippen LogP contribution is 2.40. The highest BCUT2D eigenvalue weighted by Gasteiger charge is 2.39. The summed E-state index contributed by atoms with van der Waals surface area (Å²) in [6.07, 6.45) is 12.5. The van der Waals surface area contributed by atoms with Crippen LogP contribution in [0.5, 0.6) is 0 Å². The van der Waals surface area contributed by atoms with E-state index in [0.717, 1.165) is 56.2 Å². The third kappa shape index (κ3) is 7.22. The molecule has 1 aliphatic rings. The van der Waals surface area contributed by atoms with Crippen molar-refractivity contribution in [3.63, 3.8) is 0 Å². The Morgan fingerprint density at radius 3 is 2.70 bits per heavy atom. The van der Waals surface area contributed by atoms with Gasteiger partial charge >= 0.3 is 5.97 Å². The number of aryl methyl sites for hydroxylation is 1. The molecule has 0 spiro atoms. The van der Waals surface area contributed by atoms with E-state index in [1.54, 1.807) is 6.07 Å². The highest BCUT2D eigenvalue weighted by molar-refractivity contribution is 7.13. The average molecular weight is 415 g/mol. The van der Waals surface area contributed by atoms with Crippen LogP contribution in [0.15, 0.2) is 24.3 Å². The van der Waals surface area contributed by atoms with E-state index in [1.807, 2.05) is 6.07 Å². The standard InChI is InChI=1S/C21H31ClO4S/c22-18-14-19(24)17(9-5-3-1-2-4-6-13-23)16(18)10-7-8-15-11-12-20(27-15)21(25)26/h5,9,11-12,16-19,23-24H,1-4,6-8,10,13-14H2,(H,25,26). The van der Waals surface area contributed by atoms with Crippen LogP contribution in [-0.2, 0) is 6.42 Å². The molecule has 152 valence electrons. The molecule has 1 heterocycles. The largest absolute Gasteiger partial charge is 0.477 e. The summed E-state index contributed by atoms with van der Waals surface area (Å²) in [4.78, 5) is 12.4. The predicted octanol–water partition coefficient (Wildman–Crippen LogP) is 4.87. The zero-order valence-corrected chi connectivity index (χ0v) is 17.3. The number of thiophene rings is 1. The summed E-state index contributed by atoms with van der Waals surface area (Å²) in [6, 6.07) is 3.56. The summed E-state index contributed by atoms with van der Waals surface area (Å²) in [6.45, 7) is 0.270. The molecule has 0 amide bonds. The number of hydrogen-bond acceptors (Lipinski definition) is 4. The van der Waals surface area contributed by atoms with Crippen LogP contribution < -0.4 is 0 Å². The van der Waals surface area contributed by atoms with Crippen LogP contribution in [0.4, 0.5) is 0 Å². The number of aliphatic hydroxyl groups is 2. The van der Waals surface area contributed by atoms with Crippen molar-refractivity contribution in [3.05, 3.63) is 34.0 Å². The van der Waals surface area contributed by atoms with Gasteiger partial charge in [0.1, 0.15) is 4.88 Å². The molecule has 4 atom stereocenters. The lowest BCUT2D eigenvalue weighted by atomic mass is 9.89. The molecule has 4 nitrogen and oxygen atoms in total. The van der Waals surface area contributed by atoms with E-state index in [-0.39, 0.29) is 29.9 Å². The van der Waals surface area contributed by atoms with Gasteiger partial charge in [0.2, 0.25) is 0 Å². The summed E-state index contributed by atoms with van der Waals surface area (Å²) < 4.78 is 0. The lowest BCUT2D eigenvalue weighted by Crippen LogP contribution is -2.18. The van der Waals surface area contributed by atoms with Gasteiger partial charge in [-0.25, -0.2) is 4.79 Å². The second-order valence-electron chi connectivity index (χ2n) is 7.38. The minimum atomic E-state index is -0.868. The van der Waals surface area contributed by atoms with Crippen molar-refractivity contribution >= 4 is 28.9 Å². The van der Waals surface area contributed by atoms with Gasteiger partial charge in [-0.1, -0.05) is 25.0 Å². The van der Waals surface area contributed by atoms with Gasteiger partial charge in [-0.2, -0.15) is 0 Å². The number of carboxylic acids is 1. The molecule has 0 radical (unpaired) electrons. The van der Waals surface area contributed by atoms with E-state index in [9.17, 15) is 9.90 Å². The third-order valence-corrected chi connectivity index (χ3v) is 6.98. The molecule has 0 bridgehead atoms. The Labute approximate surface area is 170 Å². The summed E-state index contributed by atoms with van der Waals surface area (Å²) in [5.74, 6) is -0.485. The summed E-state index contributed by atoms with van der Waals surface area (Å²) in [5.41, 5.74) is 0. The normalized spacial score (nSPS) is 25.4. The monoisotopic (exact) mass is 414 g/mol. The Kier molecular flexibility index (Phi) is 9.83. The number of carbonyl (C=O) groups is 1. The Balaban J connectivity index is 1.77. The SMILES string of the molecule is O=C(O)c1ccc(CCCC2C(Cl)CC(O)C2C=CCCCCCCO)s1. The smallest absolute Gasteiger partial charge is 0.345 e. The first kappa shape index (κ1) is 22.4.